The van der Waals surface area contributed by atoms with E-state index in [2.05, 4.69) is 26.1 Å². The van der Waals surface area contributed by atoms with E-state index in [0.717, 1.165) is 25.8 Å². The molecule has 4 heteroatoms. The van der Waals surface area contributed by atoms with Crippen molar-refractivity contribution < 1.29 is 14.2 Å². The van der Waals surface area contributed by atoms with Crippen molar-refractivity contribution in [3.63, 3.8) is 0 Å². The molecule has 0 spiro atoms. The third-order valence-corrected chi connectivity index (χ3v) is 3.11. The molecule has 0 saturated heterocycles. The lowest BCUT2D eigenvalue weighted by Gasteiger charge is -2.20. The Bertz CT molecular complexity index is 391. The van der Waals surface area contributed by atoms with Crippen LogP contribution < -0.4 is 19.5 Å². The molecule has 120 valence electrons. The van der Waals surface area contributed by atoms with Crippen LogP contribution in [0, 0.1) is 0 Å². The maximum absolute atomic E-state index is 5.83. The van der Waals surface area contributed by atoms with E-state index in [1.54, 1.807) is 14.2 Å². The zero-order valence-electron chi connectivity index (χ0n) is 14.0. The molecule has 0 aromatic heterocycles. The molecule has 0 amide bonds. The van der Waals surface area contributed by atoms with E-state index in [4.69, 9.17) is 14.2 Å². The van der Waals surface area contributed by atoms with Crippen molar-refractivity contribution in [2.75, 3.05) is 27.4 Å². The Morgan fingerprint density at radius 3 is 2.10 bits per heavy atom. The van der Waals surface area contributed by atoms with Crippen molar-refractivity contribution in [1.29, 1.82) is 0 Å². The minimum Gasteiger partial charge on any atom is -0.493 e. The molecule has 0 radical (unpaired) electrons. The van der Waals surface area contributed by atoms with E-state index in [-0.39, 0.29) is 5.54 Å². The lowest BCUT2D eigenvalue weighted by Crippen LogP contribution is -2.36. The number of rotatable bonds is 9. The number of methoxy groups -OCH3 is 2. The average molecular weight is 295 g/mol. The average Bonchev–Trinajstić information content (AvgIpc) is 2.44. The number of benzene rings is 1. The maximum Gasteiger partial charge on any atom is 0.203 e. The van der Waals surface area contributed by atoms with Gasteiger partial charge in [-0.3, -0.25) is 0 Å². The number of ether oxygens (including phenoxy) is 3. The number of para-hydroxylation sites is 1. The molecule has 0 saturated carbocycles. The largest absolute Gasteiger partial charge is 0.493 e. The molecule has 0 unspecified atom stereocenters. The predicted molar refractivity (Wildman–Crippen MR) is 86.6 cm³/mol. The molecular weight excluding hydrogens is 266 g/mol. The van der Waals surface area contributed by atoms with E-state index < -0.39 is 0 Å². The molecule has 0 heterocycles. The first kappa shape index (κ1) is 17.6. The van der Waals surface area contributed by atoms with Crippen LogP contribution in [0.25, 0.3) is 0 Å². The van der Waals surface area contributed by atoms with Gasteiger partial charge >= 0.3 is 0 Å². The second kappa shape index (κ2) is 8.78. The van der Waals surface area contributed by atoms with Gasteiger partial charge in [0.05, 0.1) is 20.8 Å². The summed E-state index contributed by atoms with van der Waals surface area (Å²) in [6.45, 7) is 8.27. The highest BCUT2D eigenvalue weighted by atomic mass is 16.5. The van der Waals surface area contributed by atoms with Crippen LogP contribution in [0.4, 0.5) is 0 Å². The fraction of sp³-hybridized carbons (Fsp3) is 0.647. The van der Waals surface area contributed by atoms with Crippen LogP contribution in [-0.4, -0.2) is 32.9 Å². The standard InChI is InChI=1S/C17H29NO3/c1-17(2,3)18-12-7-6-8-13-21-16-14(19-4)10-9-11-15(16)20-5/h9-11,18H,6-8,12-13H2,1-5H3. The van der Waals surface area contributed by atoms with Crippen molar-refractivity contribution >= 4 is 0 Å². The van der Waals surface area contributed by atoms with Crippen LogP contribution in [0.3, 0.4) is 0 Å². The minimum atomic E-state index is 0.196. The van der Waals surface area contributed by atoms with E-state index in [0.29, 0.717) is 23.9 Å². The zero-order valence-corrected chi connectivity index (χ0v) is 14.0. The first-order valence-corrected chi connectivity index (χ1v) is 7.57. The molecule has 0 aliphatic rings. The highest BCUT2D eigenvalue weighted by molar-refractivity contribution is 5.51. The zero-order chi connectivity index (χ0) is 15.7. The van der Waals surface area contributed by atoms with Crippen molar-refractivity contribution in [1.82, 2.24) is 5.32 Å². The summed E-state index contributed by atoms with van der Waals surface area (Å²) in [4.78, 5) is 0. The van der Waals surface area contributed by atoms with Crippen LogP contribution in [0.15, 0.2) is 18.2 Å². The van der Waals surface area contributed by atoms with E-state index in [1.807, 2.05) is 18.2 Å². The first-order chi connectivity index (χ1) is 9.98. The smallest absolute Gasteiger partial charge is 0.203 e. The van der Waals surface area contributed by atoms with E-state index >= 15 is 0 Å². The highest BCUT2D eigenvalue weighted by Crippen LogP contribution is 2.36. The normalized spacial score (nSPS) is 11.3. The molecule has 1 aromatic rings. The molecule has 21 heavy (non-hydrogen) atoms. The number of nitrogens with one attached hydrogen (secondary N) is 1. The SMILES string of the molecule is COc1cccc(OC)c1OCCCCCNC(C)(C)C. The molecule has 1 aromatic carbocycles. The monoisotopic (exact) mass is 295 g/mol. The lowest BCUT2D eigenvalue weighted by molar-refractivity contribution is 0.267. The number of hydrogen-bond donors (Lipinski definition) is 1. The Labute approximate surface area is 128 Å². The second-order valence-corrected chi connectivity index (χ2v) is 6.08. The summed E-state index contributed by atoms with van der Waals surface area (Å²) in [5.41, 5.74) is 0.196. The van der Waals surface area contributed by atoms with Gasteiger partial charge in [0.2, 0.25) is 5.75 Å². The molecular formula is C17H29NO3. The summed E-state index contributed by atoms with van der Waals surface area (Å²) >= 11 is 0. The van der Waals surface area contributed by atoms with Gasteiger partial charge in [0.1, 0.15) is 0 Å². The van der Waals surface area contributed by atoms with E-state index in [1.165, 1.54) is 0 Å². The Hall–Kier alpha value is -1.42. The van der Waals surface area contributed by atoms with Gasteiger partial charge in [0.15, 0.2) is 11.5 Å². The highest BCUT2D eigenvalue weighted by Gasteiger charge is 2.11. The lowest BCUT2D eigenvalue weighted by atomic mass is 10.1. The molecule has 4 nitrogen and oxygen atoms in total. The molecule has 0 fully saturated rings. The van der Waals surface area contributed by atoms with Gasteiger partial charge in [-0.15, -0.1) is 0 Å². The van der Waals surface area contributed by atoms with Gasteiger partial charge in [0, 0.05) is 5.54 Å². The van der Waals surface area contributed by atoms with Gasteiger partial charge in [-0.2, -0.15) is 0 Å². The fourth-order valence-corrected chi connectivity index (χ4v) is 2.00. The number of unbranched alkanes of at least 4 members (excludes halogenated alkanes) is 2. The van der Waals surface area contributed by atoms with Gasteiger partial charge in [-0.05, 0) is 58.7 Å². The summed E-state index contributed by atoms with van der Waals surface area (Å²) in [7, 11) is 3.28. The predicted octanol–water partition coefficient (Wildman–Crippen LogP) is 3.64. The fourth-order valence-electron chi connectivity index (χ4n) is 2.00. The summed E-state index contributed by atoms with van der Waals surface area (Å²) in [6, 6.07) is 5.65. The van der Waals surface area contributed by atoms with Crippen molar-refractivity contribution in [2.45, 2.75) is 45.6 Å². The Morgan fingerprint density at radius 2 is 1.57 bits per heavy atom. The topological polar surface area (TPSA) is 39.7 Å². The minimum absolute atomic E-state index is 0.196. The van der Waals surface area contributed by atoms with Crippen molar-refractivity contribution in [3.8, 4) is 17.2 Å². The summed E-state index contributed by atoms with van der Waals surface area (Å²) in [5.74, 6) is 2.11. The number of hydrogen-bond acceptors (Lipinski definition) is 4. The summed E-state index contributed by atoms with van der Waals surface area (Å²) in [5, 5.41) is 3.49. The molecule has 0 aliphatic carbocycles. The van der Waals surface area contributed by atoms with Gasteiger partial charge < -0.3 is 19.5 Å². The Morgan fingerprint density at radius 1 is 0.952 bits per heavy atom. The van der Waals surface area contributed by atoms with Crippen molar-refractivity contribution in [2.24, 2.45) is 0 Å². The summed E-state index contributed by atoms with van der Waals surface area (Å²) in [6.07, 6.45) is 3.32. The van der Waals surface area contributed by atoms with Gasteiger partial charge in [0.25, 0.3) is 0 Å². The molecule has 0 atom stereocenters. The molecule has 1 rings (SSSR count). The van der Waals surface area contributed by atoms with Crippen LogP contribution in [0.5, 0.6) is 17.2 Å². The summed E-state index contributed by atoms with van der Waals surface area (Å²) < 4.78 is 16.4. The third kappa shape index (κ3) is 6.71. The quantitative estimate of drug-likeness (QED) is 0.706. The maximum atomic E-state index is 5.83. The van der Waals surface area contributed by atoms with E-state index in [9.17, 15) is 0 Å². The third-order valence-electron chi connectivity index (χ3n) is 3.11. The molecule has 0 bridgehead atoms. The second-order valence-electron chi connectivity index (χ2n) is 6.08. The van der Waals surface area contributed by atoms with Crippen LogP contribution in [-0.2, 0) is 0 Å². The molecule has 1 N–H and O–H groups in total. The Balaban J connectivity index is 2.30. The van der Waals surface area contributed by atoms with Crippen LogP contribution in [0.1, 0.15) is 40.0 Å². The first-order valence-electron chi connectivity index (χ1n) is 7.57. The molecule has 0 aliphatic heterocycles. The van der Waals surface area contributed by atoms with Crippen LogP contribution in [0.2, 0.25) is 0 Å². The van der Waals surface area contributed by atoms with Crippen LogP contribution >= 0.6 is 0 Å². The van der Waals surface area contributed by atoms with Crippen molar-refractivity contribution in [3.05, 3.63) is 18.2 Å². The Kier molecular flexibility index (Phi) is 7.37. The van der Waals surface area contributed by atoms with Gasteiger partial charge in [-0.25, -0.2) is 0 Å². The van der Waals surface area contributed by atoms with Gasteiger partial charge in [-0.1, -0.05) is 6.07 Å².